The predicted molar refractivity (Wildman–Crippen MR) is 87.8 cm³/mol. The maximum Gasteiger partial charge on any atom is 0.417 e. The van der Waals surface area contributed by atoms with E-state index >= 15 is 0 Å². The van der Waals surface area contributed by atoms with Gasteiger partial charge in [-0.1, -0.05) is 25.4 Å². The second-order valence-corrected chi connectivity index (χ2v) is 6.75. The summed E-state index contributed by atoms with van der Waals surface area (Å²) in [6.45, 7) is 5.10. The van der Waals surface area contributed by atoms with Crippen LogP contribution >= 0.6 is 11.6 Å². The summed E-state index contributed by atoms with van der Waals surface area (Å²) >= 11 is 5.78. The van der Waals surface area contributed by atoms with Crippen molar-refractivity contribution in [3.63, 3.8) is 0 Å². The van der Waals surface area contributed by atoms with Crippen LogP contribution in [0, 0.1) is 5.41 Å². The van der Waals surface area contributed by atoms with Crippen LogP contribution < -0.4 is 11.1 Å². The molecule has 0 aliphatic rings. The fourth-order valence-corrected chi connectivity index (χ4v) is 2.23. The van der Waals surface area contributed by atoms with Gasteiger partial charge >= 0.3 is 6.18 Å². The highest BCUT2D eigenvalue weighted by Crippen LogP contribution is 2.32. The molecule has 136 valence electrons. The van der Waals surface area contributed by atoms with Gasteiger partial charge in [-0.3, -0.25) is 4.79 Å². The van der Waals surface area contributed by atoms with E-state index in [1.807, 2.05) is 13.8 Å². The second-order valence-electron chi connectivity index (χ2n) is 6.35. The minimum atomic E-state index is -4.50. The van der Waals surface area contributed by atoms with Crippen molar-refractivity contribution in [2.45, 2.75) is 26.4 Å². The molecule has 0 aliphatic carbocycles. The zero-order valence-corrected chi connectivity index (χ0v) is 14.6. The first kappa shape index (κ1) is 20.5. The first-order valence-corrected chi connectivity index (χ1v) is 7.75. The first-order valence-electron chi connectivity index (χ1n) is 7.37. The highest BCUT2D eigenvalue weighted by Gasteiger charge is 2.31. The molecule has 9 heteroatoms. The number of rotatable bonds is 7. The molecule has 0 bridgehead atoms. The number of hydrogen-bond donors (Lipinski definition) is 2. The lowest BCUT2D eigenvalue weighted by Crippen LogP contribution is -2.40. The fourth-order valence-electron chi connectivity index (χ4n) is 2.00. The summed E-state index contributed by atoms with van der Waals surface area (Å²) in [6.07, 6.45) is -3.63. The Labute approximate surface area is 144 Å². The van der Waals surface area contributed by atoms with E-state index in [4.69, 9.17) is 17.3 Å². The number of nitrogens with one attached hydrogen (secondary N) is 1. The van der Waals surface area contributed by atoms with Gasteiger partial charge < -0.3 is 16.0 Å². The number of carbonyl (C=O) groups is 1. The van der Waals surface area contributed by atoms with Gasteiger partial charge in [0.2, 0.25) is 5.91 Å². The number of amides is 1. The lowest BCUT2D eigenvalue weighted by Gasteiger charge is -2.29. The number of alkyl halides is 3. The van der Waals surface area contributed by atoms with E-state index in [1.54, 1.807) is 11.9 Å². The minimum absolute atomic E-state index is 0.105. The van der Waals surface area contributed by atoms with E-state index in [9.17, 15) is 18.0 Å². The molecule has 1 heterocycles. The van der Waals surface area contributed by atoms with Crippen LogP contribution in [0.3, 0.4) is 0 Å². The lowest BCUT2D eigenvalue weighted by atomic mass is 9.93. The van der Waals surface area contributed by atoms with Gasteiger partial charge in [0.1, 0.15) is 5.82 Å². The molecule has 24 heavy (non-hydrogen) atoms. The average molecular weight is 367 g/mol. The monoisotopic (exact) mass is 366 g/mol. The molecule has 0 radical (unpaired) electrons. The Morgan fingerprint density at radius 1 is 1.42 bits per heavy atom. The number of nitrogens with two attached hydrogens (primary N) is 1. The molecule has 0 aliphatic heterocycles. The molecule has 0 saturated heterocycles. The summed E-state index contributed by atoms with van der Waals surface area (Å²) in [5, 5.41) is 2.63. The smallest absolute Gasteiger partial charge is 0.368 e. The Kier molecular flexibility index (Phi) is 6.86. The van der Waals surface area contributed by atoms with Gasteiger partial charge in [-0.25, -0.2) is 4.98 Å². The quantitative estimate of drug-likeness (QED) is 0.778. The standard InChI is InChI=1S/C15H22ClF3N4O/c1-14(2,8-20)9-23(3)12(24)4-5-21-13-11(16)6-10(7-22-13)15(17,18)19/h6-7H,4-5,8-9,20H2,1-3H3,(H,21,22). The molecule has 0 saturated carbocycles. The molecule has 0 unspecified atom stereocenters. The molecule has 1 aromatic heterocycles. The number of carbonyl (C=O) groups excluding carboxylic acids is 1. The van der Waals surface area contributed by atoms with Crippen LogP contribution in [0.15, 0.2) is 12.3 Å². The van der Waals surface area contributed by atoms with E-state index in [-0.39, 0.29) is 35.1 Å². The van der Waals surface area contributed by atoms with Crippen molar-refractivity contribution in [1.82, 2.24) is 9.88 Å². The van der Waals surface area contributed by atoms with Crippen LogP contribution in [0.25, 0.3) is 0 Å². The van der Waals surface area contributed by atoms with Gasteiger partial charge in [-0.15, -0.1) is 0 Å². The molecule has 0 atom stereocenters. The molecular formula is C15H22ClF3N4O. The van der Waals surface area contributed by atoms with Gasteiger partial charge in [-0.05, 0) is 18.0 Å². The number of halogens is 4. The maximum absolute atomic E-state index is 12.5. The van der Waals surface area contributed by atoms with Crippen molar-refractivity contribution in [1.29, 1.82) is 0 Å². The zero-order valence-electron chi connectivity index (χ0n) is 13.9. The normalized spacial score (nSPS) is 12.2. The van der Waals surface area contributed by atoms with Crippen molar-refractivity contribution >= 4 is 23.3 Å². The third-order valence-electron chi connectivity index (χ3n) is 3.44. The summed E-state index contributed by atoms with van der Waals surface area (Å²) in [5.41, 5.74) is 4.53. The number of anilines is 1. The third-order valence-corrected chi connectivity index (χ3v) is 3.73. The molecule has 1 amide bonds. The van der Waals surface area contributed by atoms with Crippen LogP contribution in [-0.2, 0) is 11.0 Å². The highest BCUT2D eigenvalue weighted by molar-refractivity contribution is 6.32. The Morgan fingerprint density at radius 2 is 2.04 bits per heavy atom. The molecule has 0 spiro atoms. The van der Waals surface area contributed by atoms with Crippen LogP contribution in [0.1, 0.15) is 25.8 Å². The number of nitrogens with zero attached hydrogens (tertiary/aromatic N) is 2. The van der Waals surface area contributed by atoms with Crippen LogP contribution in [0.2, 0.25) is 5.02 Å². The van der Waals surface area contributed by atoms with Gasteiger partial charge in [0.15, 0.2) is 0 Å². The summed E-state index contributed by atoms with van der Waals surface area (Å²) < 4.78 is 37.6. The third kappa shape index (κ3) is 6.16. The van der Waals surface area contributed by atoms with Crippen molar-refractivity contribution in [2.75, 3.05) is 32.0 Å². The highest BCUT2D eigenvalue weighted by atomic mass is 35.5. The maximum atomic E-state index is 12.5. The Morgan fingerprint density at radius 3 is 2.54 bits per heavy atom. The summed E-state index contributed by atoms with van der Waals surface area (Å²) in [7, 11) is 1.68. The van der Waals surface area contributed by atoms with E-state index in [2.05, 4.69) is 10.3 Å². The topological polar surface area (TPSA) is 71.2 Å². The Bertz CT molecular complexity index is 578. The molecule has 1 rings (SSSR count). The van der Waals surface area contributed by atoms with Crippen molar-refractivity contribution in [3.8, 4) is 0 Å². The first-order chi connectivity index (χ1) is 11.0. The van der Waals surface area contributed by atoms with E-state index in [0.29, 0.717) is 19.3 Å². The molecular weight excluding hydrogens is 345 g/mol. The SMILES string of the molecule is CN(CC(C)(C)CN)C(=O)CCNc1ncc(C(F)(F)F)cc1Cl. The van der Waals surface area contributed by atoms with Gasteiger partial charge in [0, 0.05) is 32.8 Å². The Hall–Kier alpha value is -1.54. The predicted octanol–water partition coefficient (Wildman–Crippen LogP) is 3.00. The van der Waals surface area contributed by atoms with Gasteiger partial charge in [-0.2, -0.15) is 13.2 Å². The van der Waals surface area contributed by atoms with E-state index in [0.717, 1.165) is 6.07 Å². The minimum Gasteiger partial charge on any atom is -0.368 e. The van der Waals surface area contributed by atoms with Crippen molar-refractivity contribution in [3.05, 3.63) is 22.8 Å². The molecule has 0 aromatic carbocycles. The summed E-state index contributed by atoms with van der Waals surface area (Å²) in [4.78, 5) is 17.3. The summed E-state index contributed by atoms with van der Waals surface area (Å²) in [6, 6.07) is 0.800. The summed E-state index contributed by atoms with van der Waals surface area (Å²) in [5.74, 6) is 0.00877. The number of aromatic nitrogens is 1. The molecule has 5 nitrogen and oxygen atoms in total. The second kappa shape index (κ2) is 8.02. The lowest BCUT2D eigenvalue weighted by molar-refractivity contribution is -0.137. The van der Waals surface area contributed by atoms with E-state index in [1.165, 1.54) is 0 Å². The molecule has 0 fully saturated rings. The fraction of sp³-hybridized carbons (Fsp3) is 0.600. The van der Waals surface area contributed by atoms with Crippen molar-refractivity contribution < 1.29 is 18.0 Å². The number of pyridine rings is 1. The average Bonchev–Trinajstić information content (AvgIpc) is 2.47. The van der Waals surface area contributed by atoms with E-state index < -0.39 is 11.7 Å². The zero-order chi connectivity index (χ0) is 18.5. The van der Waals surface area contributed by atoms with Crippen LogP contribution in [-0.4, -0.2) is 42.5 Å². The van der Waals surface area contributed by atoms with Crippen molar-refractivity contribution in [2.24, 2.45) is 11.1 Å². The molecule has 3 N–H and O–H groups in total. The van der Waals surface area contributed by atoms with Gasteiger partial charge in [0.05, 0.1) is 10.6 Å². The van der Waals surface area contributed by atoms with Crippen LogP contribution in [0.4, 0.5) is 19.0 Å². The number of hydrogen-bond acceptors (Lipinski definition) is 4. The van der Waals surface area contributed by atoms with Gasteiger partial charge in [0.25, 0.3) is 0 Å². The largest absolute Gasteiger partial charge is 0.417 e. The van der Waals surface area contributed by atoms with Crippen LogP contribution in [0.5, 0.6) is 0 Å². The molecule has 1 aromatic rings. The Balaban J connectivity index is 2.54.